The van der Waals surface area contributed by atoms with Gasteiger partial charge in [-0.2, -0.15) is 0 Å². The number of ether oxygens (including phenoxy) is 3. The Bertz CT molecular complexity index is 1120. The highest BCUT2D eigenvalue weighted by Crippen LogP contribution is 2.32. The van der Waals surface area contributed by atoms with Crippen LogP contribution in [0.5, 0.6) is 11.5 Å². The molecule has 0 saturated carbocycles. The van der Waals surface area contributed by atoms with Gasteiger partial charge in [-0.25, -0.2) is 4.98 Å². The molecule has 1 aliphatic heterocycles. The van der Waals surface area contributed by atoms with Crippen molar-refractivity contribution in [2.45, 2.75) is 12.8 Å². The van der Waals surface area contributed by atoms with E-state index >= 15 is 0 Å². The second kappa shape index (κ2) is 7.51. The van der Waals surface area contributed by atoms with Gasteiger partial charge in [-0.1, -0.05) is 12.1 Å². The minimum atomic E-state index is -0.551. The van der Waals surface area contributed by atoms with E-state index in [0.717, 1.165) is 0 Å². The maximum Gasteiger partial charge on any atom is 0.306 e. The number of hydrogen-bond acceptors (Lipinski definition) is 7. The Morgan fingerprint density at radius 2 is 1.93 bits per heavy atom. The van der Waals surface area contributed by atoms with Gasteiger partial charge in [0.05, 0.1) is 17.3 Å². The van der Waals surface area contributed by atoms with E-state index in [9.17, 15) is 14.4 Å². The number of aromatic amines is 1. The predicted molar refractivity (Wildman–Crippen MR) is 98.5 cm³/mol. The summed E-state index contributed by atoms with van der Waals surface area (Å²) < 4.78 is 15.5. The third-order valence-electron chi connectivity index (χ3n) is 4.29. The average molecular weight is 380 g/mol. The number of esters is 1. The second-order valence-electron chi connectivity index (χ2n) is 6.18. The number of para-hydroxylation sites is 1. The van der Waals surface area contributed by atoms with Crippen LogP contribution in [-0.4, -0.2) is 35.1 Å². The normalized spacial score (nSPS) is 12.1. The Kier molecular flexibility index (Phi) is 4.76. The van der Waals surface area contributed by atoms with Gasteiger partial charge in [0.1, 0.15) is 5.82 Å². The van der Waals surface area contributed by atoms with E-state index < -0.39 is 5.97 Å². The van der Waals surface area contributed by atoms with Gasteiger partial charge in [0.2, 0.25) is 6.79 Å². The summed E-state index contributed by atoms with van der Waals surface area (Å²) in [5.41, 5.74) is 0.678. The Balaban J connectivity index is 1.32. The van der Waals surface area contributed by atoms with E-state index in [1.807, 2.05) is 0 Å². The summed E-state index contributed by atoms with van der Waals surface area (Å²) >= 11 is 0. The van der Waals surface area contributed by atoms with Crippen molar-refractivity contribution in [2.24, 2.45) is 0 Å². The number of Topliss-reactive ketones (excluding diaryl/α,β-unsaturated/α-hetero) is 1. The van der Waals surface area contributed by atoms with Crippen LogP contribution < -0.4 is 15.0 Å². The van der Waals surface area contributed by atoms with Crippen LogP contribution in [0.1, 0.15) is 22.6 Å². The van der Waals surface area contributed by atoms with Crippen molar-refractivity contribution in [1.82, 2.24) is 9.97 Å². The Hall–Kier alpha value is -3.68. The van der Waals surface area contributed by atoms with Crippen molar-refractivity contribution < 1.29 is 23.8 Å². The highest BCUT2D eigenvalue weighted by molar-refractivity contribution is 5.98. The molecule has 0 radical (unpaired) electrons. The summed E-state index contributed by atoms with van der Waals surface area (Å²) in [5, 5.41) is 0.489. The number of carbonyl (C=O) groups excluding carboxylic acids is 2. The first-order chi connectivity index (χ1) is 13.6. The molecule has 0 unspecified atom stereocenters. The standard InChI is InChI=1S/C20H16N2O6/c23-15(12-5-6-16-17(9-12)28-11-27-16)10-26-19(24)8-7-18-21-14-4-2-1-3-13(14)20(25)22-18/h1-6,9H,7-8,10-11H2,(H,21,22,25). The fourth-order valence-electron chi connectivity index (χ4n) is 2.85. The number of aromatic nitrogens is 2. The molecule has 1 aromatic heterocycles. The molecule has 0 spiro atoms. The molecule has 0 atom stereocenters. The lowest BCUT2D eigenvalue weighted by Crippen LogP contribution is -2.16. The van der Waals surface area contributed by atoms with E-state index in [1.54, 1.807) is 42.5 Å². The number of nitrogens with one attached hydrogen (secondary N) is 1. The van der Waals surface area contributed by atoms with Gasteiger partial charge in [-0.15, -0.1) is 0 Å². The van der Waals surface area contributed by atoms with E-state index in [1.165, 1.54) is 0 Å². The summed E-state index contributed by atoms with van der Waals surface area (Å²) in [7, 11) is 0. The van der Waals surface area contributed by atoms with Crippen molar-refractivity contribution >= 4 is 22.7 Å². The van der Waals surface area contributed by atoms with Gasteiger partial charge < -0.3 is 19.2 Å². The molecule has 28 heavy (non-hydrogen) atoms. The molecular weight excluding hydrogens is 364 g/mol. The zero-order valence-electron chi connectivity index (χ0n) is 14.8. The van der Waals surface area contributed by atoms with E-state index in [-0.39, 0.29) is 37.6 Å². The number of fused-ring (bicyclic) bond motifs is 2. The molecule has 0 aliphatic carbocycles. The SMILES string of the molecule is O=C(CCc1nc2ccccc2c(=O)[nH]1)OCC(=O)c1ccc2c(c1)OCO2. The quantitative estimate of drug-likeness (QED) is 0.515. The Labute approximate surface area is 159 Å². The van der Waals surface area contributed by atoms with Gasteiger partial charge in [0.25, 0.3) is 5.56 Å². The Morgan fingerprint density at radius 3 is 2.82 bits per heavy atom. The zero-order chi connectivity index (χ0) is 19.5. The maximum atomic E-state index is 12.2. The number of benzene rings is 2. The smallest absolute Gasteiger partial charge is 0.306 e. The fourth-order valence-corrected chi connectivity index (χ4v) is 2.85. The number of hydrogen-bond donors (Lipinski definition) is 1. The lowest BCUT2D eigenvalue weighted by atomic mass is 10.1. The maximum absolute atomic E-state index is 12.2. The largest absolute Gasteiger partial charge is 0.457 e. The van der Waals surface area contributed by atoms with Crippen molar-refractivity contribution in [3.05, 3.63) is 64.2 Å². The van der Waals surface area contributed by atoms with Gasteiger partial charge in [-0.3, -0.25) is 14.4 Å². The number of rotatable bonds is 6. The molecule has 4 rings (SSSR count). The highest BCUT2D eigenvalue weighted by Gasteiger charge is 2.17. The molecule has 142 valence electrons. The summed E-state index contributed by atoms with van der Waals surface area (Å²) in [6, 6.07) is 11.7. The van der Waals surface area contributed by atoms with Crippen molar-refractivity contribution in [3.63, 3.8) is 0 Å². The van der Waals surface area contributed by atoms with Gasteiger partial charge in [0, 0.05) is 12.0 Å². The van der Waals surface area contributed by atoms with Crippen LogP contribution >= 0.6 is 0 Å². The van der Waals surface area contributed by atoms with Crippen LogP contribution in [0, 0.1) is 0 Å². The molecule has 8 heteroatoms. The topological polar surface area (TPSA) is 108 Å². The molecule has 0 fully saturated rings. The minimum Gasteiger partial charge on any atom is -0.457 e. The predicted octanol–water partition coefficient (Wildman–Crippen LogP) is 2.01. The second-order valence-corrected chi connectivity index (χ2v) is 6.18. The molecule has 8 nitrogen and oxygen atoms in total. The van der Waals surface area contributed by atoms with E-state index in [2.05, 4.69) is 9.97 Å². The Morgan fingerprint density at radius 1 is 1.11 bits per heavy atom. The van der Waals surface area contributed by atoms with Crippen LogP contribution in [0.3, 0.4) is 0 Å². The summed E-state index contributed by atoms with van der Waals surface area (Å²) in [6.45, 7) is -0.257. The molecule has 3 aromatic rings. The first-order valence-electron chi connectivity index (χ1n) is 8.66. The summed E-state index contributed by atoms with van der Waals surface area (Å²) in [6.07, 6.45) is 0.201. The third-order valence-corrected chi connectivity index (χ3v) is 4.29. The zero-order valence-corrected chi connectivity index (χ0v) is 14.8. The lowest BCUT2D eigenvalue weighted by Gasteiger charge is -2.06. The van der Waals surface area contributed by atoms with Gasteiger partial charge in [0.15, 0.2) is 23.9 Å². The highest BCUT2D eigenvalue weighted by atomic mass is 16.7. The van der Waals surface area contributed by atoms with Gasteiger partial charge >= 0.3 is 5.97 Å². The molecule has 0 saturated heterocycles. The number of H-pyrrole nitrogens is 1. The van der Waals surface area contributed by atoms with Crippen molar-refractivity contribution in [3.8, 4) is 11.5 Å². The third kappa shape index (κ3) is 3.71. The van der Waals surface area contributed by atoms with Crippen molar-refractivity contribution in [2.75, 3.05) is 13.4 Å². The minimum absolute atomic E-state index is 0.00427. The first-order valence-corrected chi connectivity index (χ1v) is 8.66. The molecule has 1 N–H and O–H groups in total. The van der Waals surface area contributed by atoms with E-state index in [0.29, 0.717) is 33.8 Å². The van der Waals surface area contributed by atoms with Crippen molar-refractivity contribution in [1.29, 1.82) is 0 Å². The first kappa shape index (κ1) is 17.7. The van der Waals surface area contributed by atoms with Crippen LogP contribution in [0.2, 0.25) is 0 Å². The van der Waals surface area contributed by atoms with Gasteiger partial charge in [-0.05, 0) is 30.3 Å². The molecule has 1 aliphatic rings. The van der Waals surface area contributed by atoms with Crippen LogP contribution in [0.15, 0.2) is 47.3 Å². The number of aryl methyl sites for hydroxylation is 1. The van der Waals surface area contributed by atoms with Crippen LogP contribution in [0.25, 0.3) is 10.9 Å². The fraction of sp³-hybridized carbons (Fsp3) is 0.200. The summed E-state index contributed by atoms with van der Waals surface area (Å²) in [5.74, 6) is 0.561. The monoisotopic (exact) mass is 380 g/mol. The summed E-state index contributed by atoms with van der Waals surface area (Å²) in [4.78, 5) is 43.1. The number of ketones is 1. The van der Waals surface area contributed by atoms with Crippen LogP contribution in [0.4, 0.5) is 0 Å². The van der Waals surface area contributed by atoms with E-state index in [4.69, 9.17) is 14.2 Å². The van der Waals surface area contributed by atoms with Crippen LogP contribution in [-0.2, 0) is 16.0 Å². The molecule has 0 amide bonds. The lowest BCUT2D eigenvalue weighted by molar-refractivity contribution is -0.142. The molecule has 0 bridgehead atoms. The number of carbonyl (C=O) groups is 2. The molecule has 2 heterocycles. The average Bonchev–Trinajstić information content (AvgIpc) is 3.18. The molecule has 2 aromatic carbocycles. The number of nitrogens with zero attached hydrogens (tertiary/aromatic N) is 1. The molecular formula is C20H16N2O6.